The van der Waals surface area contributed by atoms with Crippen molar-refractivity contribution in [1.29, 1.82) is 0 Å². The zero-order valence-electron chi connectivity index (χ0n) is 31.3. The van der Waals surface area contributed by atoms with E-state index in [-0.39, 0.29) is 32.7 Å². The van der Waals surface area contributed by atoms with Crippen molar-refractivity contribution in [3.8, 4) is 0 Å². The molecule has 28 heteroatoms. The molecule has 0 heterocycles. The molecule has 0 aromatic heterocycles. The molecule has 0 atom stereocenters. The Kier molecular flexibility index (Phi) is 20.6. The van der Waals surface area contributed by atoms with Gasteiger partial charge in [0.25, 0.3) is 0 Å². The molecule has 0 saturated carbocycles. The number of hydrogen-bond donors (Lipinski definition) is 0. The van der Waals surface area contributed by atoms with Gasteiger partial charge in [-0.2, -0.15) is 92.2 Å². The van der Waals surface area contributed by atoms with Gasteiger partial charge >= 0.3 is 88.8 Å². The predicted molar refractivity (Wildman–Crippen MR) is 162 cm³/mol. The van der Waals surface area contributed by atoms with Crippen LogP contribution < -0.4 is 0 Å². The van der Waals surface area contributed by atoms with E-state index < -0.39 is 124 Å². The minimum Gasteiger partial charge on any atom is -0.282 e. The van der Waals surface area contributed by atoms with E-state index in [0.717, 1.165) is 0 Å². The molecule has 0 fully saturated rings. The summed E-state index contributed by atoms with van der Waals surface area (Å²) in [7, 11) is 0. The van der Waals surface area contributed by atoms with Crippen molar-refractivity contribution in [3.63, 3.8) is 0 Å². The maximum atomic E-state index is 13.0. The van der Waals surface area contributed by atoms with Gasteiger partial charge in [-0.3, -0.25) is 28.8 Å². The quantitative estimate of drug-likeness (QED) is 0.105. The Labute approximate surface area is 339 Å². The molecule has 0 aromatic rings. The van der Waals surface area contributed by atoms with Crippen LogP contribution in [0.5, 0.6) is 0 Å². The van der Waals surface area contributed by atoms with Crippen LogP contribution >= 0.6 is 0 Å². The summed E-state index contributed by atoms with van der Waals surface area (Å²) in [4.78, 5) is 54.2. The van der Waals surface area contributed by atoms with E-state index in [1.165, 1.54) is 62.3 Å². The average Bonchev–Trinajstić information content (AvgIpc) is 2.93. The fourth-order valence-corrected chi connectivity index (χ4v) is 2.68. The Hall–Kier alpha value is -2.35. The summed E-state index contributed by atoms with van der Waals surface area (Å²) in [6, 6.07) is 0. The van der Waals surface area contributed by atoms with Crippen LogP contribution in [0.1, 0.15) is 81.6 Å². The Balaban J connectivity index is -0.000000374. The second-order valence-electron chi connectivity index (χ2n) is 14.9. The predicted octanol–water partition coefficient (Wildman–Crippen LogP) is 10.0. The molecule has 1 radical (unpaired) electrons. The third-order valence-electron chi connectivity index (χ3n) is 6.94. The van der Waals surface area contributed by atoms with Crippen molar-refractivity contribution in [3.05, 3.63) is 0 Å². The van der Waals surface area contributed by atoms with Gasteiger partial charge in [-0.25, -0.2) is 0 Å². The van der Waals surface area contributed by atoms with Crippen molar-refractivity contribution >= 4 is 34.7 Å². The third-order valence-corrected chi connectivity index (χ3v) is 6.94. The minimum atomic E-state index is -6.53. The van der Waals surface area contributed by atoms with E-state index in [4.69, 9.17) is 14.4 Å². The maximum Gasteiger partial charge on any atom is 0.460 e. The zero-order valence-corrected chi connectivity index (χ0v) is 34.2. The summed E-state index contributed by atoms with van der Waals surface area (Å²) in [5.74, 6) is -46.6. The van der Waals surface area contributed by atoms with Crippen LogP contribution in [0, 0.1) is 16.2 Å². The zero-order chi connectivity index (χ0) is 47.6. The maximum absolute atomic E-state index is 13.0. The smallest absolute Gasteiger partial charge is 0.282 e. The number of rotatable bonds is 12. The fraction of sp³-hybridized carbons (Fsp3) is 0.800. The van der Waals surface area contributed by atoms with E-state index >= 15 is 0 Å². The first-order valence-corrected chi connectivity index (χ1v) is 14.9. The van der Waals surface area contributed by atoms with Crippen molar-refractivity contribution in [2.45, 2.75) is 136 Å². The molecule has 0 rings (SSSR count). The van der Waals surface area contributed by atoms with E-state index in [0.29, 0.717) is 0 Å². The summed E-state index contributed by atoms with van der Waals surface area (Å²) < 4.78 is 260. The van der Waals surface area contributed by atoms with Crippen molar-refractivity contribution in [2.75, 3.05) is 0 Å². The van der Waals surface area contributed by atoms with E-state index in [9.17, 15) is 107 Å². The van der Waals surface area contributed by atoms with Gasteiger partial charge in [-0.05, 0) is 62.3 Å². The number of hydrogen-bond acceptors (Lipinski definition) is 0. The van der Waals surface area contributed by atoms with Gasteiger partial charge < -0.3 is 0 Å². The van der Waals surface area contributed by atoms with Crippen LogP contribution in [0.2, 0.25) is 0 Å². The molecule has 0 aromatic carbocycles. The summed E-state index contributed by atoms with van der Waals surface area (Å²) in [6.45, 7) is 11.7. The van der Waals surface area contributed by atoms with E-state index in [1.807, 2.05) is 0 Å². The number of carbonyl (C=O) groups excluding carboxylic acids is 6. The minimum absolute atomic E-state index is 0. The number of alkyl halides is 21. The molecule has 0 aliphatic carbocycles. The molecule has 0 unspecified atom stereocenters. The summed E-state index contributed by atoms with van der Waals surface area (Å²) >= 11 is 0. The molecule has 6 N–H and O–H groups in total. The SMILES string of the molecule is CC(C)(C)C(=[OH+])CC(=[OH+])C(F)(F)C(F)(F)C(F)(F)F.CC(C)(C)C(=[OH+])CC(=[OH+])C(F)(F)C(F)(F)C(F)(F)F.CC(C)(C)C(=[OH+])CC(=[OH+])C(F)(F)C(F)(F)C(F)(F)F.[Y]. The average molecular weight is 984 g/mol. The molecule has 0 aliphatic heterocycles. The van der Waals surface area contributed by atoms with Gasteiger partial charge in [0.15, 0.2) is 19.3 Å². The van der Waals surface area contributed by atoms with E-state index in [2.05, 4.69) is 0 Å². The Morgan fingerprint density at radius 3 is 0.483 bits per heavy atom. The van der Waals surface area contributed by atoms with Gasteiger partial charge in [0.05, 0.1) is 16.2 Å². The van der Waals surface area contributed by atoms with Crippen molar-refractivity contribution < 1.29 is 154 Å². The fourth-order valence-electron chi connectivity index (χ4n) is 2.68. The normalized spacial score (nSPS) is 14.2. The van der Waals surface area contributed by atoms with Crippen LogP contribution in [0.25, 0.3) is 0 Å². The first kappa shape index (κ1) is 62.3. The van der Waals surface area contributed by atoms with Crippen molar-refractivity contribution in [1.82, 2.24) is 0 Å². The summed E-state index contributed by atoms with van der Waals surface area (Å²) in [5.41, 5.74) is -3.47. The number of ketones is 6. The van der Waals surface area contributed by atoms with Gasteiger partial charge in [0.1, 0.15) is 0 Å². The largest absolute Gasteiger partial charge is 0.460 e. The topological polar surface area (TPSA) is 128 Å². The van der Waals surface area contributed by atoms with Crippen LogP contribution in [0.4, 0.5) is 92.2 Å². The van der Waals surface area contributed by atoms with Crippen LogP contribution in [0.3, 0.4) is 0 Å². The molecular weight excluding hydrogens is 944 g/mol. The first-order valence-electron chi connectivity index (χ1n) is 14.9. The summed E-state index contributed by atoms with van der Waals surface area (Å²) in [5, 5.41) is 0. The Morgan fingerprint density at radius 2 is 0.397 bits per heavy atom. The van der Waals surface area contributed by atoms with E-state index in [1.54, 1.807) is 0 Å². The van der Waals surface area contributed by atoms with Crippen LogP contribution in [-0.2, 0) is 32.7 Å². The Bertz CT molecular complexity index is 1310. The monoisotopic (exact) mass is 983 g/mol. The number of halogens is 21. The van der Waals surface area contributed by atoms with Gasteiger partial charge in [-0.15, -0.1) is 0 Å². The molecule has 0 aliphatic rings. The molecule has 58 heavy (non-hydrogen) atoms. The van der Waals surface area contributed by atoms with Crippen LogP contribution in [0.15, 0.2) is 0 Å². The third kappa shape index (κ3) is 15.0. The molecule has 0 spiro atoms. The Morgan fingerprint density at radius 1 is 0.276 bits per heavy atom. The second-order valence-corrected chi connectivity index (χ2v) is 14.9. The van der Waals surface area contributed by atoms with Crippen LogP contribution in [-0.4, -0.2) is 118 Å². The van der Waals surface area contributed by atoms with Crippen molar-refractivity contribution in [2.24, 2.45) is 16.2 Å². The first-order chi connectivity index (χ1) is 24.1. The molecule has 6 nitrogen and oxygen atoms in total. The molecule has 339 valence electrons. The van der Waals surface area contributed by atoms with Gasteiger partial charge in [0, 0.05) is 32.7 Å². The molecule has 0 saturated heterocycles. The molecule has 0 bridgehead atoms. The molecule has 0 amide bonds. The standard InChI is InChI=1S/3C10H11F7O2.Y/c3*1-7(2,3)5(18)4-6(19)8(11,12)9(13,14)10(15,16)17;/h3*4H2,1-3H3;/p+6. The molecular formula is C30H39F21O6Y+6. The summed E-state index contributed by atoms with van der Waals surface area (Å²) in [6.07, 6.45) is -24.0. The van der Waals surface area contributed by atoms with Gasteiger partial charge in [-0.1, -0.05) is 0 Å². The van der Waals surface area contributed by atoms with Gasteiger partial charge in [0.2, 0.25) is 0 Å². The second kappa shape index (κ2) is 19.1.